The van der Waals surface area contributed by atoms with E-state index in [0.717, 1.165) is 5.69 Å². The van der Waals surface area contributed by atoms with Crippen LogP contribution in [0, 0.1) is 29.1 Å². The third-order valence-corrected chi connectivity index (χ3v) is 8.72. The highest BCUT2D eigenvalue weighted by Gasteiger charge is 2.83. The Hall–Kier alpha value is -3.37. The molecule has 1 saturated heterocycles. The number of aliphatic carboxylic acids is 1. The molecule has 3 saturated carbocycles. The number of carbonyl (C=O) groups is 3. The first-order chi connectivity index (χ1) is 16.6. The number of hydrogen-bond acceptors (Lipinski definition) is 5. The van der Waals surface area contributed by atoms with Gasteiger partial charge in [-0.05, 0) is 55.7 Å². The summed E-state index contributed by atoms with van der Waals surface area (Å²) in [7, 11) is 0. The summed E-state index contributed by atoms with van der Waals surface area (Å²) in [5, 5.41) is 17.6. The smallest absolute Gasteiger partial charge is 0.313 e. The van der Waals surface area contributed by atoms with Crippen LogP contribution in [-0.2, 0) is 9.59 Å². The molecule has 2 unspecified atom stereocenters. The highest BCUT2D eigenvalue weighted by molar-refractivity contribution is 5.93. The topological polar surface area (TPSA) is 131 Å². The first-order valence-electron chi connectivity index (χ1n) is 11.9. The van der Waals surface area contributed by atoms with E-state index in [-0.39, 0.29) is 30.6 Å². The fraction of sp³-hybridized carbons (Fsp3) is 0.542. The second kappa shape index (κ2) is 7.32. The molecular weight excluding hydrogens is 460 g/mol. The van der Waals surface area contributed by atoms with Gasteiger partial charge < -0.3 is 15.7 Å². The minimum Gasteiger partial charge on any atom is -0.481 e. The Kier molecular flexibility index (Phi) is 4.62. The minimum absolute atomic E-state index is 0.00596. The standard InChI is InChI=1S/C24H25F2N5O4/c25-24(26)19(22(34)35)23(24)6-4-12(5-7-23)21(33)30-9-15-16(10-30)18(15)17-11-31(29-28-17)14-3-1-2-13(8-14)20(27)32/h1-3,8,11-12,15-16,18-19H,4-7,9-10H2,(H2,27,32)(H,34,35)/t12?,15-,16+,18?,19?,23?. The maximum atomic E-state index is 14.1. The molecule has 0 radical (unpaired) electrons. The van der Waals surface area contributed by atoms with Crippen molar-refractivity contribution >= 4 is 17.8 Å². The van der Waals surface area contributed by atoms with Crippen LogP contribution in [0.4, 0.5) is 8.78 Å². The maximum absolute atomic E-state index is 14.1. The van der Waals surface area contributed by atoms with Gasteiger partial charge in [0, 0.05) is 30.5 Å². The number of nitrogens with zero attached hydrogens (tertiary/aromatic N) is 4. The Morgan fingerprint density at radius 1 is 1.11 bits per heavy atom. The lowest BCUT2D eigenvalue weighted by molar-refractivity contribution is -0.141. The molecule has 35 heavy (non-hydrogen) atoms. The van der Waals surface area contributed by atoms with E-state index in [1.54, 1.807) is 22.9 Å². The Balaban J connectivity index is 1.05. The number of piperidine rings is 1. The van der Waals surface area contributed by atoms with Crippen molar-refractivity contribution in [3.8, 4) is 5.69 Å². The number of carbonyl (C=O) groups excluding carboxylic acids is 2. The highest BCUT2D eigenvalue weighted by Crippen LogP contribution is 2.72. The van der Waals surface area contributed by atoms with Crippen molar-refractivity contribution in [3.63, 3.8) is 0 Å². The SMILES string of the molecule is NC(=O)c1cccc(-n2cc(C3[C@H]4CN(C(=O)C5CCC6(CC5)C(C(=O)O)C6(F)F)C[C@@H]34)nn2)c1. The number of rotatable bonds is 5. The number of aromatic nitrogens is 3. The molecule has 6 rings (SSSR count). The first-order valence-corrected chi connectivity index (χ1v) is 11.9. The van der Waals surface area contributed by atoms with E-state index >= 15 is 0 Å². The van der Waals surface area contributed by atoms with Gasteiger partial charge in [0.05, 0.1) is 23.0 Å². The lowest BCUT2D eigenvalue weighted by Gasteiger charge is -2.31. The summed E-state index contributed by atoms with van der Waals surface area (Å²) in [5.74, 6) is -6.28. The summed E-state index contributed by atoms with van der Waals surface area (Å²) in [6, 6.07) is 6.82. The van der Waals surface area contributed by atoms with Gasteiger partial charge in [0.1, 0.15) is 5.92 Å². The summed E-state index contributed by atoms with van der Waals surface area (Å²) in [6.07, 6.45) is 2.62. The number of hydrogen-bond donors (Lipinski definition) is 2. The molecule has 2 aromatic rings. The molecule has 9 nitrogen and oxygen atoms in total. The molecule has 1 spiro atoms. The van der Waals surface area contributed by atoms with Crippen LogP contribution < -0.4 is 5.73 Å². The Morgan fingerprint density at radius 3 is 2.40 bits per heavy atom. The Bertz CT molecular complexity index is 1230. The summed E-state index contributed by atoms with van der Waals surface area (Å²) in [6.45, 7) is 1.21. The molecule has 184 valence electrons. The third-order valence-electron chi connectivity index (χ3n) is 8.72. The number of primary amides is 1. The molecule has 2 amide bonds. The Morgan fingerprint density at radius 2 is 1.80 bits per heavy atom. The number of carboxylic acid groups (broad SMARTS) is 1. The van der Waals surface area contributed by atoms with Crippen molar-refractivity contribution in [2.45, 2.75) is 37.5 Å². The molecule has 4 atom stereocenters. The summed E-state index contributed by atoms with van der Waals surface area (Å²) in [4.78, 5) is 37.5. The van der Waals surface area contributed by atoms with Gasteiger partial charge in [0.15, 0.2) is 0 Å². The van der Waals surface area contributed by atoms with Crippen LogP contribution in [-0.4, -0.2) is 61.8 Å². The van der Waals surface area contributed by atoms with Gasteiger partial charge in [0.2, 0.25) is 11.8 Å². The quantitative estimate of drug-likeness (QED) is 0.667. The van der Waals surface area contributed by atoms with Gasteiger partial charge in [-0.25, -0.2) is 13.5 Å². The maximum Gasteiger partial charge on any atom is 0.313 e. The number of fused-ring (bicyclic) bond motifs is 1. The zero-order valence-corrected chi connectivity index (χ0v) is 18.8. The number of nitrogens with two attached hydrogens (primary N) is 1. The number of amides is 2. The summed E-state index contributed by atoms with van der Waals surface area (Å²) < 4.78 is 29.9. The van der Waals surface area contributed by atoms with E-state index in [9.17, 15) is 23.2 Å². The van der Waals surface area contributed by atoms with Crippen LogP contribution in [0.5, 0.6) is 0 Å². The van der Waals surface area contributed by atoms with Crippen molar-refractivity contribution in [1.82, 2.24) is 19.9 Å². The fourth-order valence-corrected chi connectivity index (χ4v) is 6.66. The molecule has 11 heteroatoms. The molecule has 0 bridgehead atoms. The van der Waals surface area contributed by atoms with Gasteiger partial charge in [-0.2, -0.15) is 0 Å². The molecule has 1 aromatic heterocycles. The third kappa shape index (κ3) is 3.20. The normalized spacial score (nSPS) is 34.5. The first kappa shape index (κ1) is 22.1. The van der Waals surface area contributed by atoms with Crippen molar-refractivity contribution < 1.29 is 28.3 Å². The number of benzene rings is 1. The van der Waals surface area contributed by atoms with E-state index in [1.807, 2.05) is 17.2 Å². The van der Waals surface area contributed by atoms with Crippen LogP contribution >= 0.6 is 0 Å². The fourth-order valence-electron chi connectivity index (χ4n) is 6.66. The van der Waals surface area contributed by atoms with Gasteiger partial charge in [-0.3, -0.25) is 14.4 Å². The van der Waals surface area contributed by atoms with Crippen LogP contribution in [0.25, 0.3) is 5.69 Å². The second-order valence-corrected chi connectivity index (χ2v) is 10.4. The van der Waals surface area contributed by atoms with E-state index < -0.39 is 29.1 Å². The molecule has 3 N–H and O–H groups in total. The molecule has 1 aliphatic heterocycles. The van der Waals surface area contributed by atoms with Gasteiger partial charge in [-0.15, -0.1) is 5.10 Å². The van der Waals surface area contributed by atoms with Crippen molar-refractivity contribution in [1.29, 1.82) is 0 Å². The Labute approximate surface area is 199 Å². The second-order valence-electron chi connectivity index (χ2n) is 10.4. The monoisotopic (exact) mass is 485 g/mol. The predicted octanol–water partition coefficient (Wildman–Crippen LogP) is 2.06. The average molecular weight is 485 g/mol. The zero-order chi connectivity index (χ0) is 24.7. The van der Waals surface area contributed by atoms with Crippen LogP contribution in [0.3, 0.4) is 0 Å². The molecular formula is C24H25F2N5O4. The van der Waals surface area contributed by atoms with Gasteiger partial charge in [-0.1, -0.05) is 11.3 Å². The summed E-state index contributed by atoms with van der Waals surface area (Å²) >= 11 is 0. The van der Waals surface area contributed by atoms with Crippen LogP contribution in [0.15, 0.2) is 30.5 Å². The van der Waals surface area contributed by atoms with Gasteiger partial charge in [0.25, 0.3) is 5.92 Å². The van der Waals surface area contributed by atoms with Gasteiger partial charge >= 0.3 is 5.97 Å². The van der Waals surface area contributed by atoms with E-state index in [2.05, 4.69) is 10.3 Å². The molecule has 1 aromatic carbocycles. The molecule has 4 fully saturated rings. The number of likely N-dealkylation sites (tertiary alicyclic amines) is 1. The summed E-state index contributed by atoms with van der Waals surface area (Å²) in [5.41, 5.74) is 5.80. The molecule has 3 aliphatic carbocycles. The number of alkyl halides is 2. The van der Waals surface area contributed by atoms with Crippen LogP contribution in [0.1, 0.15) is 47.7 Å². The lowest BCUT2D eigenvalue weighted by Crippen LogP contribution is -2.38. The number of halogens is 2. The largest absolute Gasteiger partial charge is 0.481 e. The minimum atomic E-state index is -3.17. The van der Waals surface area contributed by atoms with Crippen molar-refractivity contribution in [2.75, 3.05) is 13.1 Å². The van der Waals surface area contributed by atoms with E-state index in [0.29, 0.717) is 49.0 Å². The van der Waals surface area contributed by atoms with Crippen molar-refractivity contribution in [3.05, 3.63) is 41.7 Å². The molecule has 4 aliphatic rings. The van der Waals surface area contributed by atoms with E-state index in [4.69, 9.17) is 10.8 Å². The van der Waals surface area contributed by atoms with E-state index in [1.165, 1.54) is 0 Å². The lowest BCUT2D eigenvalue weighted by atomic mass is 9.77. The number of carboxylic acids is 1. The van der Waals surface area contributed by atoms with Crippen molar-refractivity contribution in [2.24, 2.45) is 34.8 Å². The molecule has 2 heterocycles. The van der Waals surface area contributed by atoms with Crippen LogP contribution in [0.2, 0.25) is 0 Å². The average Bonchev–Trinajstić information content (AvgIpc) is 3.35. The predicted molar refractivity (Wildman–Crippen MR) is 117 cm³/mol. The highest BCUT2D eigenvalue weighted by atomic mass is 19.3. The zero-order valence-electron chi connectivity index (χ0n) is 18.8.